The number of carbonyl (C=O) groups is 1. The van der Waals surface area contributed by atoms with E-state index in [9.17, 15) is 4.79 Å². The van der Waals surface area contributed by atoms with E-state index >= 15 is 0 Å². The van der Waals surface area contributed by atoms with Crippen LogP contribution in [0, 0.1) is 0 Å². The summed E-state index contributed by atoms with van der Waals surface area (Å²) in [6.45, 7) is 0.872. The minimum Gasteiger partial charge on any atom is -0.345 e. The van der Waals surface area contributed by atoms with Gasteiger partial charge in [-0.15, -0.1) is 0 Å². The second-order valence-corrected chi connectivity index (χ2v) is 6.13. The Morgan fingerprint density at radius 3 is 2.78 bits per heavy atom. The first-order valence-electron chi connectivity index (χ1n) is 8.41. The van der Waals surface area contributed by atoms with Crippen molar-refractivity contribution in [3.05, 3.63) is 70.8 Å². The molecule has 1 amide bonds. The Bertz CT molecular complexity index is 681. The fourth-order valence-corrected chi connectivity index (χ4v) is 3.36. The highest BCUT2D eigenvalue weighted by molar-refractivity contribution is 5.96. The van der Waals surface area contributed by atoms with Gasteiger partial charge in [0.05, 0.1) is 6.04 Å². The van der Waals surface area contributed by atoms with Crippen LogP contribution in [-0.2, 0) is 12.8 Å². The zero-order chi connectivity index (χ0) is 16.1. The first-order chi connectivity index (χ1) is 11.3. The van der Waals surface area contributed by atoms with Crippen LogP contribution in [0.3, 0.4) is 0 Å². The molecule has 0 aromatic heterocycles. The topological polar surface area (TPSA) is 41.1 Å². The van der Waals surface area contributed by atoms with Crippen LogP contribution in [0.1, 0.15) is 45.9 Å². The smallest absolute Gasteiger partial charge is 0.252 e. The van der Waals surface area contributed by atoms with Crippen molar-refractivity contribution in [1.29, 1.82) is 0 Å². The lowest BCUT2D eigenvalue weighted by Crippen LogP contribution is -2.31. The van der Waals surface area contributed by atoms with E-state index in [4.69, 9.17) is 0 Å². The van der Waals surface area contributed by atoms with Crippen LogP contribution in [0.2, 0.25) is 0 Å². The molecule has 0 heterocycles. The molecule has 1 unspecified atom stereocenters. The molecule has 0 saturated carbocycles. The summed E-state index contributed by atoms with van der Waals surface area (Å²) in [7, 11) is 1.93. The molecule has 0 radical (unpaired) electrons. The van der Waals surface area contributed by atoms with Crippen molar-refractivity contribution in [3.8, 4) is 0 Å². The van der Waals surface area contributed by atoms with Gasteiger partial charge in [0, 0.05) is 5.56 Å². The predicted molar refractivity (Wildman–Crippen MR) is 93.7 cm³/mol. The quantitative estimate of drug-likeness (QED) is 0.890. The third-order valence-corrected chi connectivity index (χ3v) is 4.58. The molecule has 120 valence electrons. The number of amides is 1. The lowest BCUT2D eigenvalue weighted by Gasteiger charge is -2.26. The van der Waals surface area contributed by atoms with Crippen molar-refractivity contribution < 1.29 is 4.79 Å². The van der Waals surface area contributed by atoms with Crippen LogP contribution < -0.4 is 10.6 Å². The summed E-state index contributed by atoms with van der Waals surface area (Å²) >= 11 is 0. The van der Waals surface area contributed by atoms with E-state index in [0.29, 0.717) is 0 Å². The van der Waals surface area contributed by atoms with Crippen LogP contribution in [0.4, 0.5) is 0 Å². The summed E-state index contributed by atoms with van der Waals surface area (Å²) < 4.78 is 0. The van der Waals surface area contributed by atoms with Crippen LogP contribution in [0.5, 0.6) is 0 Å². The monoisotopic (exact) mass is 308 g/mol. The minimum absolute atomic E-state index is 0.0402. The van der Waals surface area contributed by atoms with Gasteiger partial charge < -0.3 is 10.6 Å². The molecule has 0 fully saturated rings. The lowest BCUT2D eigenvalue weighted by molar-refractivity contribution is 0.0932. The molecule has 0 spiro atoms. The number of fused-ring (bicyclic) bond motifs is 1. The Hall–Kier alpha value is -2.13. The summed E-state index contributed by atoms with van der Waals surface area (Å²) in [5, 5.41) is 6.39. The normalized spacial score (nSPS) is 16.7. The van der Waals surface area contributed by atoms with Crippen LogP contribution >= 0.6 is 0 Å². The van der Waals surface area contributed by atoms with Crippen molar-refractivity contribution in [3.63, 3.8) is 0 Å². The fraction of sp³-hybridized carbons (Fsp3) is 0.350. The lowest BCUT2D eigenvalue weighted by atomic mass is 9.87. The van der Waals surface area contributed by atoms with E-state index < -0.39 is 0 Å². The molecule has 1 aliphatic rings. The summed E-state index contributed by atoms with van der Waals surface area (Å²) in [6.07, 6.45) is 4.12. The maximum atomic E-state index is 12.8. The van der Waals surface area contributed by atoms with Crippen LogP contribution in [0.15, 0.2) is 48.5 Å². The van der Waals surface area contributed by atoms with Gasteiger partial charge >= 0.3 is 0 Å². The van der Waals surface area contributed by atoms with Gasteiger partial charge in [-0.05, 0) is 62.0 Å². The van der Waals surface area contributed by atoms with E-state index in [-0.39, 0.29) is 11.9 Å². The maximum Gasteiger partial charge on any atom is 0.252 e. The second kappa shape index (κ2) is 7.42. The fourth-order valence-electron chi connectivity index (χ4n) is 3.36. The van der Waals surface area contributed by atoms with Crippen molar-refractivity contribution in [2.24, 2.45) is 0 Å². The number of aryl methyl sites for hydroxylation is 1. The van der Waals surface area contributed by atoms with Crippen molar-refractivity contribution >= 4 is 5.91 Å². The summed E-state index contributed by atoms with van der Waals surface area (Å²) in [4.78, 5) is 12.8. The Labute approximate surface area is 138 Å². The highest BCUT2D eigenvalue weighted by Gasteiger charge is 2.22. The van der Waals surface area contributed by atoms with Crippen LogP contribution in [-0.4, -0.2) is 19.5 Å². The molecule has 3 rings (SSSR count). The van der Waals surface area contributed by atoms with Gasteiger partial charge in [-0.25, -0.2) is 0 Å². The zero-order valence-electron chi connectivity index (χ0n) is 13.6. The third kappa shape index (κ3) is 3.62. The SMILES string of the molecule is CNCCc1ccccc1C(=O)NC1CCCc2ccccc21. The third-order valence-electron chi connectivity index (χ3n) is 4.58. The average molecular weight is 308 g/mol. The van der Waals surface area contributed by atoms with E-state index in [1.54, 1.807) is 0 Å². The number of carbonyl (C=O) groups excluding carboxylic acids is 1. The molecule has 1 aliphatic carbocycles. The van der Waals surface area contributed by atoms with Crippen molar-refractivity contribution in [2.45, 2.75) is 31.7 Å². The molecule has 2 aromatic carbocycles. The molecule has 0 saturated heterocycles. The maximum absolute atomic E-state index is 12.8. The summed E-state index contributed by atoms with van der Waals surface area (Å²) in [5.74, 6) is 0.0402. The van der Waals surface area contributed by atoms with E-state index in [2.05, 4.69) is 34.9 Å². The first kappa shape index (κ1) is 15.8. The largest absolute Gasteiger partial charge is 0.345 e. The Kier molecular flexibility index (Phi) is 5.09. The van der Waals surface area contributed by atoms with Gasteiger partial charge in [0.15, 0.2) is 0 Å². The number of likely N-dealkylation sites (N-methyl/N-ethyl adjacent to an activating group) is 1. The van der Waals surface area contributed by atoms with E-state index in [1.807, 2.05) is 31.3 Å². The predicted octanol–water partition coefficient (Wildman–Crippen LogP) is 3.26. The standard InChI is InChI=1S/C20H24N2O/c1-21-14-13-16-8-3-5-11-18(16)20(23)22-19-12-6-9-15-7-2-4-10-17(15)19/h2-5,7-8,10-11,19,21H,6,9,12-14H2,1H3,(H,22,23). The number of hydrogen-bond acceptors (Lipinski definition) is 2. The molecule has 0 bridgehead atoms. The van der Waals surface area contributed by atoms with Gasteiger partial charge in [0.25, 0.3) is 5.91 Å². The highest BCUT2D eigenvalue weighted by Crippen LogP contribution is 2.29. The number of hydrogen-bond donors (Lipinski definition) is 2. The van der Waals surface area contributed by atoms with E-state index in [0.717, 1.165) is 43.4 Å². The van der Waals surface area contributed by atoms with Crippen molar-refractivity contribution in [1.82, 2.24) is 10.6 Å². The number of nitrogens with one attached hydrogen (secondary N) is 2. The van der Waals surface area contributed by atoms with Gasteiger partial charge in [-0.2, -0.15) is 0 Å². The Morgan fingerprint density at radius 1 is 1.13 bits per heavy atom. The Balaban J connectivity index is 1.78. The first-order valence-corrected chi connectivity index (χ1v) is 8.41. The molecule has 3 heteroatoms. The zero-order valence-corrected chi connectivity index (χ0v) is 13.6. The van der Waals surface area contributed by atoms with Gasteiger partial charge in [0.2, 0.25) is 0 Å². The molecule has 2 aromatic rings. The van der Waals surface area contributed by atoms with Gasteiger partial charge in [-0.3, -0.25) is 4.79 Å². The van der Waals surface area contributed by atoms with Crippen LogP contribution in [0.25, 0.3) is 0 Å². The molecular weight excluding hydrogens is 284 g/mol. The molecule has 0 aliphatic heterocycles. The molecule has 2 N–H and O–H groups in total. The summed E-state index contributed by atoms with van der Waals surface area (Å²) in [5.41, 5.74) is 4.54. The van der Waals surface area contributed by atoms with Gasteiger partial charge in [-0.1, -0.05) is 42.5 Å². The minimum atomic E-state index is 0.0402. The summed E-state index contributed by atoms with van der Waals surface area (Å²) in [6, 6.07) is 16.5. The average Bonchev–Trinajstić information content (AvgIpc) is 2.60. The molecule has 1 atom stereocenters. The molecular formula is C20H24N2O. The van der Waals surface area contributed by atoms with E-state index in [1.165, 1.54) is 11.1 Å². The Morgan fingerprint density at radius 2 is 1.91 bits per heavy atom. The molecule has 23 heavy (non-hydrogen) atoms. The number of benzene rings is 2. The highest BCUT2D eigenvalue weighted by atomic mass is 16.1. The van der Waals surface area contributed by atoms with Crippen molar-refractivity contribution in [2.75, 3.05) is 13.6 Å². The number of rotatable bonds is 5. The van der Waals surface area contributed by atoms with Gasteiger partial charge in [0.1, 0.15) is 0 Å². The molecule has 3 nitrogen and oxygen atoms in total. The second-order valence-electron chi connectivity index (χ2n) is 6.13.